The third-order valence-electron chi connectivity index (χ3n) is 3.92. The van der Waals surface area contributed by atoms with Gasteiger partial charge in [-0.25, -0.2) is 0 Å². The summed E-state index contributed by atoms with van der Waals surface area (Å²) in [6, 6.07) is 8.53. The third kappa shape index (κ3) is 5.41. The fourth-order valence-electron chi connectivity index (χ4n) is 3.45. The number of allylic oxidation sites excluding steroid dienone is 1. The van der Waals surface area contributed by atoms with Gasteiger partial charge in [-0.3, -0.25) is 0 Å². The van der Waals surface area contributed by atoms with Crippen LogP contribution >= 0.6 is 24.8 Å². The second kappa shape index (κ2) is 8.15. The van der Waals surface area contributed by atoms with Crippen LogP contribution < -0.4 is 3.80 Å². The first-order valence-electron chi connectivity index (χ1n) is 7.52. The topological polar surface area (TPSA) is 41.5 Å². The Morgan fingerprint density at radius 2 is 1.87 bits per heavy atom. The predicted octanol–water partition coefficient (Wildman–Crippen LogP) is 3.11. The first kappa shape index (κ1) is 23.4. The quantitative estimate of drug-likeness (QED) is 0.728. The molecular formula is C16H29Cl2NO2SiTi. The first-order valence-corrected chi connectivity index (χ1v) is 15.4. The molecule has 3 nitrogen and oxygen atoms in total. The number of aliphatic hydroxyl groups is 1. The van der Waals surface area contributed by atoms with Crippen LogP contribution in [0.4, 0.5) is 0 Å². The number of hydrogen-bond donors (Lipinski definition) is 2. The molecule has 0 aromatic heterocycles. The molecule has 0 aliphatic heterocycles. The van der Waals surface area contributed by atoms with Gasteiger partial charge in [0.05, 0.1) is 0 Å². The van der Waals surface area contributed by atoms with E-state index in [1.807, 2.05) is 7.63 Å². The van der Waals surface area contributed by atoms with E-state index in [0.29, 0.717) is 10.8 Å². The Balaban J connectivity index is 0.00000242. The molecule has 0 radical (unpaired) electrons. The Kier molecular flexibility index (Phi) is 8.28. The van der Waals surface area contributed by atoms with Crippen LogP contribution in [0.2, 0.25) is 5.23 Å². The Labute approximate surface area is 155 Å². The van der Waals surface area contributed by atoms with Crippen molar-refractivity contribution in [2.24, 2.45) is 0 Å². The maximum absolute atomic E-state index is 9.24. The fourth-order valence-corrected chi connectivity index (χ4v) is 15.1. The van der Waals surface area contributed by atoms with Gasteiger partial charge >= 0.3 is 131 Å². The molecule has 1 atom stereocenters. The van der Waals surface area contributed by atoms with Gasteiger partial charge in [0.15, 0.2) is 0 Å². The van der Waals surface area contributed by atoms with Gasteiger partial charge in [-0.1, -0.05) is 0 Å². The molecule has 2 rings (SSSR count). The summed E-state index contributed by atoms with van der Waals surface area (Å²) in [4.78, 5) is 0. The fraction of sp³-hybridized carbons (Fsp3) is 0.500. The van der Waals surface area contributed by atoms with E-state index in [0.717, 1.165) is 0 Å². The minimum Gasteiger partial charge on any atom is -0.147 e. The number of fused-ring (bicyclic) bond motifs is 1. The van der Waals surface area contributed by atoms with Gasteiger partial charge < -0.3 is 0 Å². The largest absolute Gasteiger partial charge is 0.147 e. The number of hydrogen-bond acceptors (Lipinski definition) is 3. The van der Waals surface area contributed by atoms with E-state index in [9.17, 15) is 5.11 Å². The third-order valence-corrected chi connectivity index (χ3v) is 14.4. The van der Waals surface area contributed by atoms with Gasteiger partial charge in [0.1, 0.15) is 0 Å². The van der Waals surface area contributed by atoms with Gasteiger partial charge in [0.2, 0.25) is 0 Å². The molecule has 1 aliphatic carbocycles. The molecule has 0 saturated heterocycles. The molecule has 1 unspecified atom stereocenters. The average molecular weight is 414 g/mol. The zero-order valence-corrected chi connectivity index (χ0v) is 18.9. The van der Waals surface area contributed by atoms with Crippen LogP contribution in [-0.2, 0) is 18.0 Å². The minimum atomic E-state index is -3.49. The monoisotopic (exact) mass is 413 g/mol. The van der Waals surface area contributed by atoms with Crippen molar-refractivity contribution in [3.05, 3.63) is 41.5 Å². The Bertz CT molecular complexity index is 631. The van der Waals surface area contributed by atoms with E-state index in [2.05, 4.69) is 66.2 Å². The van der Waals surface area contributed by atoms with Crippen LogP contribution in [0.15, 0.2) is 30.3 Å². The Morgan fingerprint density at radius 3 is 2.43 bits per heavy atom. The van der Waals surface area contributed by atoms with Crippen molar-refractivity contribution >= 4 is 38.5 Å². The summed E-state index contributed by atoms with van der Waals surface area (Å²) in [7, 11) is 2.01. The van der Waals surface area contributed by atoms with Gasteiger partial charge in [0, 0.05) is 0 Å². The Hall–Kier alpha value is 0.351. The molecule has 7 heteroatoms. The molecule has 2 N–H and O–H groups in total. The molecule has 1 aliphatic rings. The van der Waals surface area contributed by atoms with Crippen LogP contribution in [0.25, 0.3) is 6.08 Å². The van der Waals surface area contributed by atoms with Crippen molar-refractivity contribution in [2.45, 2.75) is 35.8 Å². The van der Waals surface area contributed by atoms with Crippen LogP contribution in [0.1, 0.15) is 36.1 Å². The zero-order chi connectivity index (χ0) is 15.8. The smallest absolute Gasteiger partial charge is 0.147 e. The molecule has 0 spiro atoms. The SMILES string of the molecule is CC(C)(C)[NH][Ti]([CH3])(=[SiH2])([O]CCO)[CH]1C=Cc2ccccc21.Cl.Cl. The molecule has 1 aromatic rings. The number of benzene rings is 1. The zero-order valence-electron chi connectivity index (χ0n) is 14.3. The van der Waals surface area contributed by atoms with Crippen molar-refractivity contribution in [1.29, 1.82) is 0 Å². The van der Waals surface area contributed by atoms with Crippen molar-refractivity contribution < 1.29 is 23.1 Å². The summed E-state index contributed by atoms with van der Waals surface area (Å²) in [6.45, 7) is 7.00. The van der Waals surface area contributed by atoms with Crippen molar-refractivity contribution in [2.75, 3.05) is 13.2 Å². The minimum absolute atomic E-state index is 0. The molecule has 0 bridgehead atoms. The molecular weight excluding hydrogens is 385 g/mol. The summed E-state index contributed by atoms with van der Waals surface area (Å²) >= 11 is -3.49. The van der Waals surface area contributed by atoms with Crippen molar-refractivity contribution in [3.63, 3.8) is 0 Å². The summed E-state index contributed by atoms with van der Waals surface area (Å²) in [5.74, 6) is 0. The van der Waals surface area contributed by atoms with Crippen LogP contribution in [0, 0.1) is 0 Å². The summed E-state index contributed by atoms with van der Waals surface area (Å²) in [6.07, 6.45) is 4.48. The molecule has 0 saturated carbocycles. The Morgan fingerprint density at radius 1 is 1.26 bits per heavy atom. The first-order chi connectivity index (χ1) is 9.65. The number of aliphatic hydroxyl groups excluding tert-OH is 1. The predicted molar refractivity (Wildman–Crippen MR) is 103 cm³/mol. The summed E-state index contributed by atoms with van der Waals surface area (Å²) < 4.78 is 10.5. The maximum Gasteiger partial charge on any atom is -0.147 e. The molecule has 132 valence electrons. The second-order valence-corrected chi connectivity index (χ2v) is 22.7. The van der Waals surface area contributed by atoms with E-state index in [-0.39, 0.29) is 37.0 Å². The van der Waals surface area contributed by atoms with Crippen molar-refractivity contribution in [3.8, 4) is 0 Å². The van der Waals surface area contributed by atoms with E-state index in [1.165, 1.54) is 11.1 Å². The van der Waals surface area contributed by atoms with E-state index >= 15 is 0 Å². The van der Waals surface area contributed by atoms with E-state index < -0.39 is 14.7 Å². The van der Waals surface area contributed by atoms with Gasteiger partial charge in [-0.05, 0) is 0 Å². The standard InChI is InChI=1S/C9H7.C4H10N.C2H5O2.CH3.2ClH.H2Si.Ti/c1-2-5-9-7-3-6-8(9)4-1;1-4(2,3)5;3-1-2-4;;;;;/h1-7H;5H,1-3H3;3H,1-2H2;1H3;2*1H;1H2;/q;2*-1;;;;;+2. The molecule has 0 heterocycles. The van der Waals surface area contributed by atoms with Gasteiger partial charge in [0.25, 0.3) is 0 Å². The van der Waals surface area contributed by atoms with Crippen molar-refractivity contribution in [1.82, 2.24) is 3.80 Å². The van der Waals surface area contributed by atoms with Crippen LogP contribution in [0.5, 0.6) is 0 Å². The van der Waals surface area contributed by atoms with Gasteiger partial charge in [-0.2, -0.15) is 0 Å². The molecule has 23 heavy (non-hydrogen) atoms. The van der Waals surface area contributed by atoms with E-state index in [1.54, 1.807) is 0 Å². The second-order valence-electron chi connectivity index (χ2n) is 7.40. The number of halogens is 2. The normalized spacial score (nSPS) is 17.2. The van der Waals surface area contributed by atoms with Crippen LogP contribution in [0.3, 0.4) is 0 Å². The number of nitrogens with one attached hydrogen (secondary N) is 1. The number of rotatable bonds is 5. The summed E-state index contributed by atoms with van der Waals surface area (Å²) in [5.41, 5.74) is 2.62. The average Bonchev–Trinajstić information content (AvgIpc) is 2.79. The van der Waals surface area contributed by atoms with E-state index in [4.69, 9.17) is 3.32 Å². The molecule has 0 fully saturated rings. The van der Waals surface area contributed by atoms with Gasteiger partial charge in [-0.15, -0.1) is 24.8 Å². The maximum atomic E-state index is 9.24. The summed E-state index contributed by atoms with van der Waals surface area (Å²) in [5, 5.41) is 11.5. The molecule has 1 aromatic carbocycles. The molecule has 0 amide bonds. The van der Waals surface area contributed by atoms with Crippen LogP contribution in [-0.4, -0.2) is 31.5 Å².